The van der Waals surface area contributed by atoms with E-state index in [9.17, 15) is 0 Å². The zero-order valence-corrected chi connectivity index (χ0v) is 21.0. The molecule has 6 nitrogen and oxygen atoms in total. The van der Waals surface area contributed by atoms with Crippen LogP contribution in [0.15, 0.2) is 48.5 Å². The van der Waals surface area contributed by atoms with Gasteiger partial charge in [0.05, 0.1) is 17.1 Å². The van der Waals surface area contributed by atoms with Crippen LogP contribution >= 0.6 is 0 Å². The first-order valence-electron chi connectivity index (χ1n) is 13.0. The molecule has 6 heteroatoms. The number of hydrogen-bond acceptors (Lipinski definition) is 5. The van der Waals surface area contributed by atoms with Crippen LogP contribution in [0.4, 0.5) is 5.82 Å². The Hall–Kier alpha value is -2.70. The lowest BCUT2D eigenvalue weighted by molar-refractivity contribution is 0.241. The van der Waals surface area contributed by atoms with Crippen LogP contribution in [0.2, 0.25) is 0 Å². The minimum atomic E-state index is 0.650. The maximum Gasteiger partial charge on any atom is 0.137 e. The highest BCUT2D eigenvalue weighted by Gasteiger charge is 2.33. The Morgan fingerprint density at radius 1 is 0.912 bits per heavy atom. The van der Waals surface area contributed by atoms with E-state index < -0.39 is 0 Å². The summed E-state index contributed by atoms with van der Waals surface area (Å²) in [5.74, 6) is 1.29. The van der Waals surface area contributed by atoms with Crippen molar-refractivity contribution in [1.29, 1.82) is 0 Å². The molecule has 0 bridgehead atoms. The fourth-order valence-corrected chi connectivity index (χ4v) is 5.13. The topological polar surface area (TPSA) is 40.4 Å². The van der Waals surface area contributed by atoms with Crippen molar-refractivity contribution in [2.24, 2.45) is 0 Å². The third-order valence-electron chi connectivity index (χ3n) is 7.23. The molecule has 1 saturated heterocycles. The van der Waals surface area contributed by atoms with Crippen molar-refractivity contribution in [3.63, 3.8) is 0 Å². The van der Waals surface area contributed by atoms with Gasteiger partial charge in [0.15, 0.2) is 0 Å². The molecule has 0 atom stereocenters. The molecule has 2 fully saturated rings. The molecule has 1 aliphatic heterocycles. The van der Waals surface area contributed by atoms with Crippen molar-refractivity contribution in [2.45, 2.75) is 59.2 Å². The molecule has 0 spiro atoms. The van der Waals surface area contributed by atoms with Crippen molar-refractivity contribution in [3.8, 4) is 5.69 Å². The minimum absolute atomic E-state index is 0.650. The zero-order chi connectivity index (χ0) is 23.5. The fraction of sp³-hybridized carbons (Fsp3) is 0.500. The van der Waals surface area contributed by atoms with Gasteiger partial charge in [-0.15, -0.1) is 0 Å². The van der Waals surface area contributed by atoms with Gasteiger partial charge in [-0.1, -0.05) is 38.1 Å². The molecule has 0 radical (unpaired) electrons. The third-order valence-corrected chi connectivity index (χ3v) is 7.23. The molecule has 0 unspecified atom stereocenters. The molecule has 180 valence electrons. The van der Waals surface area contributed by atoms with Crippen LogP contribution in [-0.4, -0.2) is 63.3 Å². The number of nitrogens with zero attached hydrogens (tertiary/aromatic N) is 6. The second kappa shape index (κ2) is 10.3. The lowest BCUT2D eigenvalue weighted by Crippen LogP contribution is -2.47. The standard InChI is InChI=1S/C28H38N6/c1-4-27-26(21-33(24-14-15-24)20-23-11-9-10-22(3)29-23)28(32-18-16-31(5-2)17-19-32)34(30-27)25-12-7-6-8-13-25/h6-13,24H,4-5,14-21H2,1-3H3. The van der Waals surface area contributed by atoms with Gasteiger partial charge in [-0.3, -0.25) is 9.88 Å². The summed E-state index contributed by atoms with van der Waals surface area (Å²) in [4.78, 5) is 12.6. The summed E-state index contributed by atoms with van der Waals surface area (Å²) >= 11 is 0. The smallest absolute Gasteiger partial charge is 0.137 e. The van der Waals surface area contributed by atoms with E-state index in [-0.39, 0.29) is 0 Å². The van der Waals surface area contributed by atoms with Crippen LogP contribution in [0, 0.1) is 6.92 Å². The maximum atomic E-state index is 5.19. The van der Waals surface area contributed by atoms with E-state index in [1.165, 1.54) is 35.6 Å². The molecule has 1 aliphatic carbocycles. The molecule has 2 aliphatic rings. The van der Waals surface area contributed by atoms with Crippen molar-refractivity contribution in [2.75, 3.05) is 37.6 Å². The van der Waals surface area contributed by atoms with Crippen LogP contribution in [0.3, 0.4) is 0 Å². The Kier molecular flexibility index (Phi) is 6.97. The SMILES string of the molecule is CCc1nn(-c2ccccc2)c(N2CCN(CC)CC2)c1CN(Cc1cccc(C)n1)C1CC1. The highest BCUT2D eigenvalue weighted by atomic mass is 15.4. The molecule has 0 amide bonds. The number of pyridine rings is 1. The Morgan fingerprint density at radius 2 is 1.68 bits per heavy atom. The van der Waals surface area contributed by atoms with Crippen LogP contribution in [0.1, 0.15) is 49.3 Å². The van der Waals surface area contributed by atoms with Gasteiger partial charge >= 0.3 is 0 Å². The van der Waals surface area contributed by atoms with Crippen LogP contribution in [0.5, 0.6) is 0 Å². The number of piperazine rings is 1. The number of likely N-dealkylation sites (N-methyl/N-ethyl adjacent to an activating group) is 1. The van der Waals surface area contributed by atoms with Crippen molar-refractivity contribution < 1.29 is 0 Å². The quantitative estimate of drug-likeness (QED) is 0.474. The number of para-hydroxylation sites is 1. The summed E-state index contributed by atoms with van der Waals surface area (Å²) in [7, 11) is 0. The van der Waals surface area contributed by atoms with Gasteiger partial charge in [0.2, 0.25) is 0 Å². The van der Waals surface area contributed by atoms with Gasteiger partial charge in [-0.05, 0) is 57.0 Å². The number of rotatable bonds is 9. The first-order valence-corrected chi connectivity index (χ1v) is 13.0. The van der Waals surface area contributed by atoms with Crippen LogP contribution in [0.25, 0.3) is 5.69 Å². The second-order valence-electron chi connectivity index (χ2n) is 9.68. The monoisotopic (exact) mass is 458 g/mol. The van der Waals surface area contributed by atoms with Crippen molar-refractivity contribution in [3.05, 3.63) is 71.2 Å². The highest BCUT2D eigenvalue weighted by molar-refractivity contribution is 5.56. The second-order valence-corrected chi connectivity index (χ2v) is 9.68. The lowest BCUT2D eigenvalue weighted by atomic mass is 10.1. The molecule has 5 rings (SSSR count). The van der Waals surface area contributed by atoms with E-state index in [0.717, 1.165) is 63.6 Å². The zero-order valence-electron chi connectivity index (χ0n) is 21.0. The summed E-state index contributed by atoms with van der Waals surface area (Å²) in [5, 5.41) is 5.19. The highest BCUT2D eigenvalue weighted by Crippen LogP contribution is 2.35. The summed E-state index contributed by atoms with van der Waals surface area (Å²) in [5.41, 5.74) is 6.03. The Balaban J connectivity index is 1.51. The molecular weight excluding hydrogens is 420 g/mol. The number of aryl methyl sites for hydroxylation is 2. The summed E-state index contributed by atoms with van der Waals surface area (Å²) in [6.07, 6.45) is 3.51. The predicted octanol–water partition coefficient (Wildman–Crippen LogP) is 4.44. The van der Waals surface area contributed by atoms with E-state index in [1.807, 2.05) is 0 Å². The van der Waals surface area contributed by atoms with Gasteiger partial charge in [0.25, 0.3) is 0 Å². The summed E-state index contributed by atoms with van der Waals surface area (Å²) in [6.45, 7) is 13.8. The van der Waals surface area contributed by atoms with Crippen LogP contribution in [-0.2, 0) is 19.5 Å². The molecule has 2 aromatic heterocycles. The normalized spacial score (nSPS) is 17.0. The summed E-state index contributed by atoms with van der Waals surface area (Å²) in [6, 6.07) is 17.7. The molecule has 3 aromatic rings. The molecular formula is C28H38N6. The molecule has 3 heterocycles. The molecule has 1 saturated carbocycles. The number of hydrogen-bond donors (Lipinski definition) is 0. The van der Waals surface area contributed by atoms with E-state index in [2.05, 4.69) is 88.7 Å². The molecule has 34 heavy (non-hydrogen) atoms. The van der Waals surface area contributed by atoms with E-state index in [1.54, 1.807) is 0 Å². The van der Waals surface area contributed by atoms with Gasteiger partial charge in [0.1, 0.15) is 5.82 Å². The van der Waals surface area contributed by atoms with Crippen molar-refractivity contribution in [1.82, 2.24) is 24.6 Å². The average Bonchev–Trinajstić information content (AvgIpc) is 3.66. The Bertz CT molecular complexity index is 1080. The van der Waals surface area contributed by atoms with Crippen LogP contribution < -0.4 is 4.90 Å². The minimum Gasteiger partial charge on any atom is -0.354 e. The summed E-state index contributed by atoms with van der Waals surface area (Å²) < 4.78 is 2.21. The Labute approximate surface area is 204 Å². The van der Waals surface area contributed by atoms with Gasteiger partial charge < -0.3 is 9.80 Å². The number of aromatic nitrogens is 3. The molecule has 1 aromatic carbocycles. The largest absolute Gasteiger partial charge is 0.354 e. The van der Waals surface area contributed by atoms with Gasteiger partial charge in [0, 0.05) is 56.6 Å². The average molecular weight is 459 g/mol. The van der Waals surface area contributed by atoms with E-state index >= 15 is 0 Å². The Morgan fingerprint density at radius 3 is 2.32 bits per heavy atom. The van der Waals surface area contributed by atoms with Gasteiger partial charge in [-0.2, -0.15) is 5.10 Å². The fourth-order valence-electron chi connectivity index (χ4n) is 5.13. The van der Waals surface area contributed by atoms with E-state index in [4.69, 9.17) is 10.1 Å². The first-order chi connectivity index (χ1) is 16.7. The van der Waals surface area contributed by atoms with Gasteiger partial charge in [-0.25, -0.2) is 4.68 Å². The van der Waals surface area contributed by atoms with Crippen molar-refractivity contribution >= 4 is 5.82 Å². The third kappa shape index (κ3) is 5.03. The first kappa shape index (κ1) is 23.1. The lowest BCUT2D eigenvalue weighted by Gasteiger charge is -2.36. The predicted molar refractivity (Wildman–Crippen MR) is 139 cm³/mol. The number of anilines is 1. The van der Waals surface area contributed by atoms with E-state index in [0.29, 0.717) is 6.04 Å². The molecule has 0 N–H and O–H groups in total. The maximum absolute atomic E-state index is 5.19. The number of benzene rings is 1.